The molecule has 0 aliphatic rings. The lowest BCUT2D eigenvalue weighted by atomic mass is 10.2. The van der Waals surface area contributed by atoms with Crippen molar-refractivity contribution in [3.8, 4) is 6.07 Å². The number of benzene rings is 1. The van der Waals surface area contributed by atoms with Gasteiger partial charge in [-0.05, 0) is 18.6 Å². The maximum atomic E-state index is 12.1. The molecule has 0 bridgehead atoms. The summed E-state index contributed by atoms with van der Waals surface area (Å²) in [6.45, 7) is 2.15. The molecule has 0 spiro atoms. The number of nitro groups is 1. The van der Waals surface area contributed by atoms with Gasteiger partial charge >= 0.3 is 0 Å². The fourth-order valence-corrected chi connectivity index (χ4v) is 2.93. The van der Waals surface area contributed by atoms with Crippen LogP contribution in [0.4, 0.5) is 5.69 Å². The molecule has 8 heteroatoms. The molecule has 0 saturated heterocycles. The van der Waals surface area contributed by atoms with Crippen LogP contribution in [0.2, 0.25) is 0 Å². The Morgan fingerprint density at radius 2 is 2.00 bits per heavy atom. The third-order valence-corrected chi connectivity index (χ3v) is 4.77. The minimum Gasteiger partial charge on any atom is -0.312 e. The van der Waals surface area contributed by atoms with Crippen molar-refractivity contribution in [3.05, 3.63) is 34.4 Å². The van der Waals surface area contributed by atoms with Crippen LogP contribution in [0.15, 0.2) is 29.2 Å². The predicted octanol–water partition coefficient (Wildman–Crippen LogP) is 1.65. The molecule has 0 fully saturated rings. The predicted molar refractivity (Wildman–Crippen MR) is 77.5 cm³/mol. The van der Waals surface area contributed by atoms with E-state index < -0.39 is 14.8 Å². The first-order valence-corrected chi connectivity index (χ1v) is 8.13. The van der Waals surface area contributed by atoms with E-state index in [1.54, 1.807) is 0 Å². The molecule has 21 heavy (non-hydrogen) atoms. The number of sulfone groups is 1. The first kappa shape index (κ1) is 17.1. The second kappa shape index (κ2) is 7.71. The van der Waals surface area contributed by atoms with Crippen molar-refractivity contribution < 1.29 is 13.3 Å². The summed E-state index contributed by atoms with van der Waals surface area (Å²) in [5.74, 6) is -0.118. The van der Waals surface area contributed by atoms with Crippen molar-refractivity contribution in [3.63, 3.8) is 0 Å². The molecule has 0 amide bonds. The van der Waals surface area contributed by atoms with E-state index in [9.17, 15) is 18.5 Å². The van der Waals surface area contributed by atoms with Gasteiger partial charge in [-0.15, -0.1) is 0 Å². The Bertz CT molecular complexity index is 620. The summed E-state index contributed by atoms with van der Waals surface area (Å²) >= 11 is 0. The Kier molecular flexibility index (Phi) is 6.27. The van der Waals surface area contributed by atoms with Crippen molar-refractivity contribution in [1.82, 2.24) is 5.32 Å². The molecule has 7 nitrogen and oxygen atoms in total. The molecule has 1 atom stereocenters. The Labute approximate surface area is 123 Å². The van der Waals surface area contributed by atoms with E-state index >= 15 is 0 Å². The maximum Gasteiger partial charge on any atom is 0.269 e. The van der Waals surface area contributed by atoms with Gasteiger partial charge in [0, 0.05) is 24.7 Å². The molecule has 0 saturated carbocycles. The average molecular weight is 311 g/mol. The van der Waals surface area contributed by atoms with Gasteiger partial charge in [0.2, 0.25) is 0 Å². The third kappa shape index (κ3) is 5.13. The Hall–Kier alpha value is -1.98. The molecule has 114 valence electrons. The van der Waals surface area contributed by atoms with Crippen LogP contribution in [0.1, 0.15) is 19.8 Å². The quantitative estimate of drug-likeness (QED) is 0.577. The summed E-state index contributed by atoms with van der Waals surface area (Å²) in [5.41, 5.74) is -0.146. The number of hydrogen-bond acceptors (Lipinski definition) is 6. The minimum atomic E-state index is -3.49. The van der Waals surface area contributed by atoms with Crippen LogP contribution < -0.4 is 5.32 Å². The van der Waals surface area contributed by atoms with Gasteiger partial charge < -0.3 is 5.32 Å². The van der Waals surface area contributed by atoms with E-state index in [1.807, 2.05) is 13.0 Å². The van der Waals surface area contributed by atoms with Crippen molar-refractivity contribution in [2.24, 2.45) is 0 Å². The smallest absolute Gasteiger partial charge is 0.269 e. The number of rotatable bonds is 8. The molecular formula is C13H17N3O4S. The van der Waals surface area contributed by atoms with E-state index in [4.69, 9.17) is 5.26 Å². The zero-order valence-electron chi connectivity index (χ0n) is 11.7. The number of non-ortho nitro benzene ring substituents is 1. The molecule has 1 aromatic carbocycles. The van der Waals surface area contributed by atoms with Crippen LogP contribution in [0, 0.1) is 21.4 Å². The summed E-state index contributed by atoms with van der Waals surface area (Å²) in [7, 11) is -3.49. The van der Waals surface area contributed by atoms with Crippen LogP contribution in [0.5, 0.6) is 0 Å². The zero-order chi connectivity index (χ0) is 15.9. The number of nitrogens with zero attached hydrogens (tertiary/aromatic N) is 2. The molecule has 0 radical (unpaired) electrons. The van der Waals surface area contributed by atoms with Crippen LogP contribution in [0.25, 0.3) is 0 Å². The minimum absolute atomic E-state index is 0.0259. The normalized spacial score (nSPS) is 12.6. The lowest BCUT2D eigenvalue weighted by molar-refractivity contribution is -0.384. The van der Waals surface area contributed by atoms with Crippen LogP contribution in [-0.4, -0.2) is 31.7 Å². The second-order valence-electron chi connectivity index (χ2n) is 4.49. The Balaban J connectivity index is 2.65. The SMILES string of the molecule is CCC(CC#N)NCCS(=O)(=O)c1ccc([N+](=O)[O-])cc1. The molecule has 0 aliphatic heterocycles. The Morgan fingerprint density at radius 1 is 1.38 bits per heavy atom. The number of nitro benzene ring substituents is 1. The lowest BCUT2D eigenvalue weighted by Crippen LogP contribution is -2.32. The molecule has 1 aromatic rings. The largest absolute Gasteiger partial charge is 0.312 e. The molecular weight excluding hydrogens is 294 g/mol. The van der Waals surface area contributed by atoms with Crippen molar-refractivity contribution in [1.29, 1.82) is 5.26 Å². The molecule has 0 aromatic heterocycles. The van der Waals surface area contributed by atoms with Gasteiger partial charge in [-0.3, -0.25) is 10.1 Å². The van der Waals surface area contributed by atoms with Crippen LogP contribution in [-0.2, 0) is 9.84 Å². The Morgan fingerprint density at radius 3 is 2.48 bits per heavy atom. The summed E-state index contributed by atoms with van der Waals surface area (Å²) < 4.78 is 24.1. The highest BCUT2D eigenvalue weighted by molar-refractivity contribution is 7.91. The summed E-state index contributed by atoms with van der Waals surface area (Å²) in [4.78, 5) is 10.0. The first-order valence-electron chi connectivity index (χ1n) is 6.48. The summed E-state index contributed by atoms with van der Waals surface area (Å²) in [5, 5.41) is 22.2. The van der Waals surface area contributed by atoms with E-state index in [0.717, 1.165) is 6.42 Å². The number of hydrogen-bond donors (Lipinski definition) is 1. The third-order valence-electron chi connectivity index (χ3n) is 3.04. The lowest BCUT2D eigenvalue weighted by Gasteiger charge is -2.13. The van der Waals surface area contributed by atoms with Gasteiger partial charge in [-0.1, -0.05) is 6.92 Å². The fourth-order valence-electron chi connectivity index (χ4n) is 1.76. The molecule has 1 unspecified atom stereocenters. The van der Waals surface area contributed by atoms with Crippen LogP contribution >= 0.6 is 0 Å². The average Bonchev–Trinajstić information content (AvgIpc) is 2.46. The standard InChI is InChI=1S/C13H17N3O4S/c1-2-11(7-8-14)15-9-10-21(19,20)13-5-3-12(4-6-13)16(17)18/h3-6,11,15H,2,7,9-10H2,1H3. The fraction of sp³-hybridized carbons (Fsp3) is 0.462. The summed E-state index contributed by atoms with van der Waals surface area (Å²) in [6.07, 6.45) is 1.07. The highest BCUT2D eigenvalue weighted by Gasteiger charge is 2.16. The molecule has 1 N–H and O–H groups in total. The molecule has 0 aliphatic carbocycles. The maximum absolute atomic E-state index is 12.1. The van der Waals surface area contributed by atoms with E-state index in [2.05, 4.69) is 5.32 Å². The number of nitrogens with one attached hydrogen (secondary N) is 1. The van der Waals surface area contributed by atoms with Gasteiger partial charge in [0.05, 0.1) is 28.1 Å². The van der Waals surface area contributed by atoms with Gasteiger partial charge in [0.1, 0.15) is 0 Å². The highest BCUT2D eigenvalue weighted by atomic mass is 32.2. The molecule has 0 heterocycles. The van der Waals surface area contributed by atoms with Gasteiger partial charge in [-0.2, -0.15) is 5.26 Å². The van der Waals surface area contributed by atoms with Crippen molar-refractivity contribution in [2.45, 2.75) is 30.7 Å². The summed E-state index contributed by atoms with van der Waals surface area (Å²) in [6, 6.07) is 6.83. The van der Waals surface area contributed by atoms with Gasteiger partial charge in [-0.25, -0.2) is 8.42 Å². The monoisotopic (exact) mass is 311 g/mol. The number of nitriles is 1. The molecule has 1 rings (SSSR count). The van der Waals surface area contributed by atoms with Crippen LogP contribution in [0.3, 0.4) is 0 Å². The first-order chi connectivity index (χ1) is 9.90. The van der Waals surface area contributed by atoms with Gasteiger partial charge in [0.15, 0.2) is 9.84 Å². The van der Waals surface area contributed by atoms with E-state index in [1.165, 1.54) is 24.3 Å². The van der Waals surface area contributed by atoms with Crippen molar-refractivity contribution in [2.75, 3.05) is 12.3 Å². The van der Waals surface area contributed by atoms with Crippen molar-refractivity contribution >= 4 is 15.5 Å². The second-order valence-corrected chi connectivity index (χ2v) is 6.60. The topological polar surface area (TPSA) is 113 Å². The van der Waals surface area contributed by atoms with Gasteiger partial charge in [0.25, 0.3) is 5.69 Å². The van der Waals surface area contributed by atoms with E-state index in [-0.39, 0.29) is 28.9 Å². The zero-order valence-corrected chi connectivity index (χ0v) is 12.5. The highest BCUT2D eigenvalue weighted by Crippen LogP contribution is 2.16. The van der Waals surface area contributed by atoms with E-state index in [0.29, 0.717) is 6.42 Å².